The predicted molar refractivity (Wildman–Crippen MR) is 100 cm³/mol. The smallest absolute Gasteiger partial charge is 0.335 e. The number of hydrogen-bond acceptors (Lipinski definition) is 5. The van der Waals surface area contributed by atoms with Crippen molar-refractivity contribution in [3.8, 4) is 11.3 Å². The first-order valence-electron chi connectivity index (χ1n) is 8.59. The fourth-order valence-corrected chi connectivity index (χ4v) is 4.38. The van der Waals surface area contributed by atoms with Crippen molar-refractivity contribution < 1.29 is 18.3 Å². The van der Waals surface area contributed by atoms with E-state index in [9.17, 15) is 13.2 Å². The van der Waals surface area contributed by atoms with E-state index in [0.717, 1.165) is 12.1 Å². The Morgan fingerprint density at radius 1 is 1.30 bits per heavy atom. The summed E-state index contributed by atoms with van der Waals surface area (Å²) < 4.78 is 27.2. The zero-order valence-electron chi connectivity index (χ0n) is 15.2. The summed E-state index contributed by atoms with van der Waals surface area (Å²) in [5.74, 6) is -0.799. The lowest BCUT2D eigenvalue weighted by atomic mass is 10.0. The maximum Gasteiger partial charge on any atom is 0.335 e. The molecule has 1 fully saturated rings. The van der Waals surface area contributed by atoms with Crippen LogP contribution in [0.25, 0.3) is 11.3 Å². The van der Waals surface area contributed by atoms with Crippen molar-refractivity contribution in [1.29, 1.82) is 0 Å². The summed E-state index contributed by atoms with van der Waals surface area (Å²) in [7, 11) is -0.323. The Bertz CT molecular complexity index is 946. The lowest BCUT2D eigenvalue weighted by molar-refractivity contribution is 0.0697. The van der Waals surface area contributed by atoms with Crippen LogP contribution in [0.3, 0.4) is 0 Å². The van der Waals surface area contributed by atoms with Crippen LogP contribution in [-0.4, -0.2) is 65.3 Å². The van der Waals surface area contributed by atoms with E-state index in [2.05, 4.69) is 9.97 Å². The molecule has 0 spiro atoms. The third kappa shape index (κ3) is 4.32. The van der Waals surface area contributed by atoms with Crippen LogP contribution in [0.1, 0.15) is 22.5 Å². The Hall–Kier alpha value is -2.36. The van der Waals surface area contributed by atoms with Gasteiger partial charge in [0.15, 0.2) is 0 Å². The second-order valence-electron chi connectivity index (χ2n) is 6.79. The highest BCUT2D eigenvalue weighted by molar-refractivity contribution is 7.86. The van der Waals surface area contributed by atoms with Gasteiger partial charge in [-0.05, 0) is 37.0 Å². The number of carboxylic acid groups (broad SMARTS) is 1. The summed E-state index contributed by atoms with van der Waals surface area (Å²) in [4.78, 5) is 19.7. The Kier molecular flexibility index (Phi) is 5.54. The molecule has 27 heavy (non-hydrogen) atoms. The SMILES string of the molecule is CN(C)S(=O)(=O)N1CC[C@@H](Cc2cc(-c3cccc(C(=O)O)c3)ncn2)C1. The number of rotatable bonds is 6. The maximum absolute atomic E-state index is 12.2. The van der Waals surface area contributed by atoms with Gasteiger partial charge in [-0.15, -0.1) is 0 Å². The van der Waals surface area contributed by atoms with E-state index in [0.29, 0.717) is 30.8 Å². The fourth-order valence-electron chi connectivity index (χ4n) is 3.18. The molecule has 1 saturated heterocycles. The second-order valence-corrected chi connectivity index (χ2v) is 8.93. The molecule has 0 radical (unpaired) electrons. The third-order valence-electron chi connectivity index (χ3n) is 4.66. The first kappa shape index (κ1) is 19.4. The monoisotopic (exact) mass is 390 g/mol. The highest BCUT2D eigenvalue weighted by atomic mass is 32.2. The maximum atomic E-state index is 12.2. The Morgan fingerprint density at radius 3 is 2.78 bits per heavy atom. The number of carboxylic acids is 1. The van der Waals surface area contributed by atoms with Crippen LogP contribution in [0, 0.1) is 5.92 Å². The molecule has 0 saturated carbocycles. The summed E-state index contributed by atoms with van der Waals surface area (Å²) in [6.07, 6.45) is 2.88. The summed E-state index contributed by atoms with van der Waals surface area (Å²) in [5.41, 5.74) is 2.38. The van der Waals surface area contributed by atoms with Crippen molar-refractivity contribution in [3.05, 3.63) is 47.9 Å². The molecule has 1 N–H and O–H groups in total. The van der Waals surface area contributed by atoms with Gasteiger partial charge in [0.05, 0.1) is 11.3 Å². The van der Waals surface area contributed by atoms with Gasteiger partial charge < -0.3 is 5.11 Å². The summed E-state index contributed by atoms with van der Waals surface area (Å²) in [6, 6.07) is 8.44. The van der Waals surface area contributed by atoms with E-state index in [1.807, 2.05) is 6.07 Å². The molecule has 3 rings (SSSR count). The van der Waals surface area contributed by atoms with Crippen molar-refractivity contribution >= 4 is 16.2 Å². The number of carbonyl (C=O) groups is 1. The van der Waals surface area contributed by atoms with Crippen LogP contribution in [-0.2, 0) is 16.6 Å². The van der Waals surface area contributed by atoms with Gasteiger partial charge in [0.25, 0.3) is 10.2 Å². The van der Waals surface area contributed by atoms with E-state index in [4.69, 9.17) is 5.11 Å². The molecule has 9 heteroatoms. The van der Waals surface area contributed by atoms with Crippen LogP contribution in [0.4, 0.5) is 0 Å². The Morgan fingerprint density at radius 2 is 2.07 bits per heavy atom. The van der Waals surface area contributed by atoms with Crippen LogP contribution < -0.4 is 0 Å². The van der Waals surface area contributed by atoms with Crippen molar-refractivity contribution in [1.82, 2.24) is 18.6 Å². The third-order valence-corrected chi connectivity index (χ3v) is 6.57. The van der Waals surface area contributed by atoms with Gasteiger partial charge in [0, 0.05) is 38.4 Å². The minimum Gasteiger partial charge on any atom is -0.478 e. The van der Waals surface area contributed by atoms with E-state index < -0.39 is 16.2 Å². The highest BCUT2D eigenvalue weighted by Crippen LogP contribution is 2.25. The zero-order valence-corrected chi connectivity index (χ0v) is 16.1. The van der Waals surface area contributed by atoms with Crippen molar-refractivity contribution in [2.24, 2.45) is 5.92 Å². The molecule has 1 aromatic heterocycles. The molecule has 1 atom stereocenters. The van der Waals surface area contributed by atoms with Crippen LogP contribution in [0.2, 0.25) is 0 Å². The van der Waals surface area contributed by atoms with Crippen LogP contribution >= 0.6 is 0 Å². The Balaban J connectivity index is 1.74. The lowest BCUT2D eigenvalue weighted by Crippen LogP contribution is -2.38. The molecule has 0 unspecified atom stereocenters. The second kappa shape index (κ2) is 7.71. The predicted octanol–water partition coefficient (Wildman–Crippen LogP) is 1.51. The number of nitrogens with zero attached hydrogens (tertiary/aromatic N) is 4. The fraction of sp³-hybridized carbons (Fsp3) is 0.389. The molecule has 2 aromatic rings. The minimum atomic E-state index is -3.39. The first-order chi connectivity index (χ1) is 12.8. The molecule has 1 aliphatic heterocycles. The van der Waals surface area contributed by atoms with E-state index in [1.54, 1.807) is 18.2 Å². The van der Waals surface area contributed by atoms with Crippen molar-refractivity contribution in [2.45, 2.75) is 12.8 Å². The molecular formula is C18H22N4O4S. The minimum absolute atomic E-state index is 0.188. The number of aromatic carboxylic acids is 1. The van der Waals surface area contributed by atoms with E-state index in [-0.39, 0.29) is 11.5 Å². The largest absolute Gasteiger partial charge is 0.478 e. The molecular weight excluding hydrogens is 368 g/mol. The Labute approximate surface area is 158 Å². The molecule has 144 valence electrons. The normalized spacial score (nSPS) is 18.1. The average Bonchev–Trinajstić information content (AvgIpc) is 3.11. The molecule has 0 bridgehead atoms. The number of hydrogen-bond donors (Lipinski definition) is 1. The zero-order chi connectivity index (χ0) is 19.6. The quantitative estimate of drug-likeness (QED) is 0.802. The molecule has 2 heterocycles. The summed E-state index contributed by atoms with van der Waals surface area (Å²) in [5, 5.41) is 9.14. The molecule has 8 nitrogen and oxygen atoms in total. The topological polar surface area (TPSA) is 104 Å². The lowest BCUT2D eigenvalue weighted by Gasteiger charge is -2.20. The molecule has 0 aliphatic carbocycles. The van der Waals surface area contributed by atoms with Gasteiger partial charge in [-0.3, -0.25) is 0 Å². The summed E-state index contributed by atoms with van der Waals surface area (Å²) in [6.45, 7) is 0.970. The number of aromatic nitrogens is 2. The van der Waals surface area contributed by atoms with E-state index >= 15 is 0 Å². The first-order valence-corrected chi connectivity index (χ1v) is 9.99. The number of benzene rings is 1. The van der Waals surface area contributed by atoms with Crippen molar-refractivity contribution in [2.75, 3.05) is 27.2 Å². The van der Waals surface area contributed by atoms with E-state index in [1.165, 1.54) is 35.1 Å². The van der Waals surface area contributed by atoms with Gasteiger partial charge in [-0.25, -0.2) is 14.8 Å². The molecule has 1 aromatic carbocycles. The van der Waals surface area contributed by atoms with Gasteiger partial charge in [-0.1, -0.05) is 12.1 Å². The average molecular weight is 390 g/mol. The molecule has 1 aliphatic rings. The van der Waals surface area contributed by atoms with Crippen molar-refractivity contribution in [3.63, 3.8) is 0 Å². The van der Waals surface area contributed by atoms with Crippen LogP contribution in [0.5, 0.6) is 0 Å². The highest BCUT2D eigenvalue weighted by Gasteiger charge is 2.32. The van der Waals surface area contributed by atoms with Gasteiger partial charge in [-0.2, -0.15) is 17.0 Å². The van der Waals surface area contributed by atoms with Crippen LogP contribution in [0.15, 0.2) is 36.7 Å². The molecule has 0 amide bonds. The summed E-state index contributed by atoms with van der Waals surface area (Å²) >= 11 is 0. The van der Waals surface area contributed by atoms with Gasteiger partial charge in [0.1, 0.15) is 6.33 Å². The standard InChI is InChI=1S/C18H22N4O4S/c1-21(2)27(25,26)22-7-6-13(11-22)8-16-10-17(20-12-19-16)14-4-3-5-15(9-14)18(23)24/h3-5,9-10,12-13H,6-8,11H2,1-2H3,(H,23,24)/t13-/m0/s1. The van der Waals surface area contributed by atoms with Gasteiger partial charge >= 0.3 is 5.97 Å². The van der Waals surface area contributed by atoms with Gasteiger partial charge in [0.2, 0.25) is 0 Å².